The molecule has 9 aromatic rings. The Morgan fingerprint density at radius 1 is 0.377 bits per heavy atom. The third-order valence-electron chi connectivity index (χ3n) is 12.8. The number of hydrogen-bond donors (Lipinski definition) is 0. The van der Waals surface area contributed by atoms with Crippen molar-refractivity contribution in [3.8, 4) is 0 Å². The van der Waals surface area contributed by atoms with Crippen LogP contribution in [0.5, 0.6) is 0 Å². The number of carbonyl (C=O) groups excluding carboxylic acids is 1. The summed E-state index contributed by atoms with van der Waals surface area (Å²) in [6.45, 7) is 10.7. The van der Waals surface area contributed by atoms with E-state index in [1.54, 1.807) is 41.5 Å². The molecular weight excluding hydrogens is 1060 g/mol. The monoisotopic (exact) mass is 1100 g/mol. The minimum Gasteiger partial charge on any atom is -0.659 e. The van der Waals surface area contributed by atoms with Crippen LogP contribution >= 0.6 is 0 Å². The molecule has 0 spiro atoms. The normalized spacial score (nSPS) is 12.1. The molecule has 398 valence electrons. The van der Waals surface area contributed by atoms with E-state index in [0.717, 1.165) is 0 Å². The van der Waals surface area contributed by atoms with Crippen LogP contribution in [-0.2, 0) is 26.4 Å². The van der Waals surface area contributed by atoms with Gasteiger partial charge < -0.3 is 4.65 Å². The van der Waals surface area contributed by atoms with Crippen molar-refractivity contribution in [3.63, 3.8) is 0 Å². The lowest BCUT2D eigenvalue weighted by Crippen LogP contribution is -2.75. The van der Waals surface area contributed by atoms with Crippen LogP contribution in [0.25, 0.3) is 21.8 Å². The Bertz CT molecular complexity index is 3370. The quantitative estimate of drug-likeness (QED) is 0.0524. The molecule has 0 fully saturated rings. The highest BCUT2D eigenvalue weighted by Gasteiger charge is 2.52. The summed E-state index contributed by atoms with van der Waals surface area (Å²) in [5, 5.41) is 0.236. The fourth-order valence-corrected chi connectivity index (χ4v) is 11.1. The molecule has 0 atom stereocenters. The molecule has 77 heavy (non-hydrogen) atoms. The first-order valence-electron chi connectivity index (χ1n) is 23.1. The van der Waals surface area contributed by atoms with Gasteiger partial charge in [-0.1, -0.05) is 125 Å². The summed E-state index contributed by atoms with van der Waals surface area (Å²) in [7, 11) is -0.0146. The van der Waals surface area contributed by atoms with Crippen molar-refractivity contribution in [1.29, 1.82) is 0 Å². The molecule has 0 saturated heterocycles. The van der Waals surface area contributed by atoms with Gasteiger partial charge in [-0.25, -0.2) is 75.2 Å². The average molecular weight is 1100 g/mol. The van der Waals surface area contributed by atoms with Gasteiger partial charge in [-0.2, -0.15) is 0 Å². The number of halogens is 15. The second-order valence-electron chi connectivity index (χ2n) is 19.7. The Hall–Kier alpha value is -7.61. The molecule has 0 aliphatic carbocycles. The van der Waals surface area contributed by atoms with E-state index in [2.05, 4.69) is 91.0 Å². The SMILES string of the molecule is CC(C)(C)c1ccc2c(c1)c1cc(C(C)(C)C)ccc1n2C(=O)O[B-](c1c(F)c(F)c(F)c(F)c1F)(c1c(F)c(F)c(F)c(F)c1F)c1c(F)c(F)c(F)c(F)c1F.c1ccc([S+](c2ccccc2)c2ccccc2)cc1. The second kappa shape index (κ2) is 20.7. The van der Waals surface area contributed by atoms with E-state index >= 15 is 52.7 Å². The van der Waals surface area contributed by atoms with Crippen LogP contribution in [0.1, 0.15) is 52.7 Å². The zero-order valence-electron chi connectivity index (χ0n) is 41.0. The molecule has 0 aliphatic heterocycles. The highest BCUT2D eigenvalue weighted by atomic mass is 32.2. The minimum atomic E-state index is -6.61. The summed E-state index contributed by atoms with van der Waals surface area (Å²) in [4.78, 5) is 18.7. The topological polar surface area (TPSA) is 31.2 Å². The molecular formula is C57H39BF15NO2S. The van der Waals surface area contributed by atoms with Crippen LogP contribution in [0.15, 0.2) is 142 Å². The standard InChI is InChI=1S/C39H24BF15NO2.C18H15S/c1-38(2,3)13-7-9-17-15(11-13)16-12-14(39(4,5)6)8-10-18(16)56(17)37(57)58-40(19-22(41)28(47)34(53)29(48)23(19)42,20-24(43)30(49)35(54)31(50)25(20)44)21-26(45)32(51)36(55)33(52)27(21)46;1-4-10-16(11-5-1)19(17-12-6-2-7-13-17)18-14-8-3-9-15-18/h7-12H,1-6H3;1-15H/q-1;+1. The summed E-state index contributed by atoms with van der Waals surface area (Å²) in [6.07, 6.45) is -8.99. The number of carbonyl (C=O) groups is 1. The van der Waals surface area contributed by atoms with Gasteiger partial charge in [0, 0.05) is 10.8 Å². The molecule has 1 aromatic heterocycles. The van der Waals surface area contributed by atoms with Gasteiger partial charge in [0.2, 0.25) is 0 Å². The molecule has 0 unspecified atom stereocenters. The lowest BCUT2D eigenvalue weighted by Gasteiger charge is -2.44. The summed E-state index contributed by atoms with van der Waals surface area (Å²) < 4.78 is 235. The maximum absolute atomic E-state index is 16.1. The van der Waals surface area contributed by atoms with Crippen LogP contribution in [0, 0.1) is 87.3 Å². The number of fused-ring (bicyclic) bond motifs is 3. The molecule has 0 N–H and O–H groups in total. The van der Waals surface area contributed by atoms with Gasteiger partial charge in [0.05, 0.1) is 21.9 Å². The largest absolute Gasteiger partial charge is 0.659 e. The van der Waals surface area contributed by atoms with Crippen molar-refractivity contribution in [2.45, 2.75) is 67.1 Å². The maximum atomic E-state index is 16.1. The molecule has 0 bridgehead atoms. The summed E-state index contributed by atoms with van der Waals surface area (Å²) in [6, 6.07) is 40.4. The summed E-state index contributed by atoms with van der Waals surface area (Å²) >= 11 is 0. The summed E-state index contributed by atoms with van der Waals surface area (Å²) in [5.41, 5.74) is -9.93. The predicted molar refractivity (Wildman–Crippen MR) is 264 cm³/mol. The fraction of sp³-hybridized carbons (Fsp3) is 0.140. The van der Waals surface area contributed by atoms with E-state index < -0.39 is 127 Å². The van der Waals surface area contributed by atoms with Gasteiger partial charge in [0.25, 0.3) is 6.35 Å². The molecule has 8 aromatic carbocycles. The van der Waals surface area contributed by atoms with E-state index in [9.17, 15) is 18.0 Å². The number of rotatable bonds is 7. The third-order valence-corrected chi connectivity index (χ3v) is 15.1. The summed E-state index contributed by atoms with van der Waals surface area (Å²) in [5.74, 6) is -48.5. The van der Waals surface area contributed by atoms with Crippen molar-refractivity contribution in [3.05, 3.63) is 226 Å². The Labute approximate surface area is 432 Å². The number of aromatic nitrogens is 1. The van der Waals surface area contributed by atoms with E-state index in [-0.39, 0.29) is 32.7 Å². The molecule has 0 radical (unpaired) electrons. The molecule has 1 heterocycles. The first kappa shape index (κ1) is 55.6. The zero-order chi connectivity index (χ0) is 56.4. The van der Waals surface area contributed by atoms with E-state index in [1.807, 2.05) is 0 Å². The van der Waals surface area contributed by atoms with Gasteiger partial charge in [-0.05, 0) is 82.6 Å². The highest BCUT2D eigenvalue weighted by molar-refractivity contribution is 7.97. The van der Waals surface area contributed by atoms with Gasteiger partial charge in [-0.3, -0.25) is 0 Å². The first-order valence-corrected chi connectivity index (χ1v) is 24.3. The number of nitrogens with zero attached hydrogens (tertiary/aromatic N) is 1. The van der Waals surface area contributed by atoms with E-state index in [4.69, 9.17) is 4.65 Å². The number of benzene rings is 8. The fourth-order valence-electron chi connectivity index (χ4n) is 8.98. The van der Waals surface area contributed by atoms with Crippen LogP contribution in [0.2, 0.25) is 0 Å². The smallest absolute Gasteiger partial charge is 0.371 e. The van der Waals surface area contributed by atoms with Crippen LogP contribution < -0.4 is 16.4 Å². The second-order valence-corrected chi connectivity index (χ2v) is 21.7. The Morgan fingerprint density at radius 3 is 0.870 bits per heavy atom. The Morgan fingerprint density at radius 2 is 0.623 bits per heavy atom. The lowest BCUT2D eigenvalue weighted by molar-refractivity contribution is 0.204. The average Bonchev–Trinajstić information content (AvgIpc) is 3.75. The van der Waals surface area contributed by atoms with Gasteiger partial charge in [0.1, 0.15) is 34.9 Å². The van der Waals surface area contributed by atoms with Crippen molar-refractivity contribution >= 4 is 61.5 Å². The minimum absolute atomic E-state index is 0.0146. The third kappa shape index (κ3) is 9.58. The number of hydrogen-bond acceptors (Lipinski definition) is 2. The zero-order valence-corrected chi connectivity index (χ0v) is 41.9. The first-order chi connectivity index (χ1) is 36.2. The van der Waals surface area contributed by atoms with E-state index in [0.29, 0.717) is 15.7 Å². The van der Waals surface area contributed by atoms with Crippen molar-refractivity contribution in [2.75, 3.05) is 0 Å². The van der Waals surface area contributed by atoms with Crippen LogP contribution in [0.4, 0.5) is 70.7 Å². The Kier molecular flexibility index (Phi) is 15.0. The molecule has 20 heteroatoms. The molecule has 3 nitrogen and oxygen atoms in total. The van der Waals surface area contributed by atoms with Crippen LogP contribution in [0.3, 0.4) is 0 Å². The predicted octanol–water partition coefficient (Wildman–Crippen LogP) is 14.9. The molecule has 0 saturated carbocycles. The van der Waals surface area contributed by atoms with Crippen LogP contribution in [-0.4, -0.2) is 17.0 Å². The van der Waals surface area contributed by atoms with Crippen molar-refractivity contribution in [1.82, 2.24) is 4.57 Å². The Balaban J connectivity index is 0.000000343. The maximum Gasteiger partial charge on any atom is 0.371 e. The van der Waals surface area contributed by atoms with Gasteiger partial charge in [-0.15, -0.1) is 0 Å². The van der Waals surface area contributed by atoms with Crippen molar-refractivity contribution in [2.24, 2.45) is 0 Å². The molecule has 9 rings (SSSR count). The van der Waals surface area contributed by atoms with Crippen molar-refractivity contribution < 1.29 is 75.3 Å². The molecule has 0 amide bonds. The van der Waals surface area contributed by atoms with Gasteiger partial charge >= 0.3 is 6.09 Å². The van der Waals surface area contributed by atoms with Gasteiger partial charge in [0.15, 0.2) is 67.0 Å². The highest BCUT2D eigenvalue weighted by Crippen LogP contribution is 2.38. The van der Waals surface area contributed by atoms with E-state index in [1.165, 1.54) is 51.1 Å². The molecule has 0 aliphatic rings. The lowest BCUT2D eigenvalue weighted by atomic mass is 9.27.